The molecule has 0 aliphatic heterocycles. The first-order chi connectivity index (χ1) is 13.8. The number of benzene rings is 2. The van der Waals surface area contributed by atoms with Crippen molar-refractivity contribution in [1.82, 2.24) is 10.2 Å². The monoisotopic (exact) mass is 390 g/mol. The predicted molar refractivity (Wildman–Crippen MR) is 118 cm³/mol. The lowest BCUT2D eigenvalue weighted by Crippen LogP contribution is -2.28. The average Bonchev–Trinajstić information content (AvgIpc) is 2.72. The Morgan fingerprint density at radius 1 is 1.07 bits per heavy atom. The van der Waals surface area contributed by atoms with Crippen molar-refractivity contribution in [2.24, 2.45) is 5.73 Å². The molecule has 3 rings (SSSR count). The molecule has 0 spiro atoms. The Morgan fingerprint density at radius 3 is 2.38 bits per heavy atom. The van der Waals surface area contributed by atoms with Crippen LogP contribution in [0.15, 0.2) is 61.2 Å². The van der Waals surface area contributed by atoms with Crippen LogP contribution in [0, 0.1) is 5.82 Å². The summed E-state index contributed by atoms with van der Waals surface area (Å²) in [6.45, 7) is 10.8. The van der Waals surface area contributed by atoms with E-state index in [-0.39, 0.29) is 11.2 Å². The maximum Gasteiger partial charge on any atom is 0.148 e. The molecule has 0 radical (unpaired) electrons. The van der Waals surface area contributed by atoms with E-state index in [0.717, 1.165) is 34.4 Å². The van der Waals surface area contributed by atoms with Gasteiger partial charge in [0.05, 0.1) is 5.69 Å². The fraction of sp³-hybridized carbons (Fsp3) is 0.250. The van der Waals surface area contributed by atoms with Crippen molar-refractivity contribution in [3.8, 4) is 11.3 Å². The van der Waals surface area contributed by atoms with Crippen LogP contribution < -0.4 is 11.1 Å². The Morgan fingerprint density at radius 2 is 1.79 bits per heavy atom. The highest BCUT2D eigenvalue weighted by Crippen LogP contribution is 2.28. The number of hydrogen-bond donors (Lipinski definition) is 2. The summed E-state index contributed by atoms with van der Waals surface area (Å²) in [5.74, 6) is 0.467. The van der Waals surface area contributed by atoms with Crippen LogP contribution in [0.25, 0.3) is 17.0 Å². The van der Waals surface area contributed by atoms with Gasteiger partial charge in [0.25, 0.3) is 0 Å². The minimum Gasteiger partial charge on any atom is -0.399 e. The molecule has 29 heavy (non-hydrogen) atoms. The zero-order valence-electron chi connectivity index (χ0n) is 17.2. The standard InChI is InChI=1S/C24H27FN4/c1-5-19-20(16(2)26)7-6-8-21(19)22-13-14-23(29-28-22)27-15-24(3,4)17-9-11-18(25)12-10-17/h6-14H,2,5,15,26H2,1,3-4H3,(H,27,29). The summed E-state index contributed by atoms with van der Waals surface area (Å²) in [7, 11) is 0. The summed E-state index contributed by atoms with van der Waals surface area (Å²) >= 11 is 0. The summed E-state index contributed by atoms with van der Waals surface area (Å²) in [6, 6.07) is 16.5. The first-order valence-electron chi connectivity index (χ1n) is 9.72. The highest BCUT2D eigenvalue weighted by Gasteiger charge is 2.20. The third-order valence-corrected chi connectivity index (χ3v) is 5.15. The summed E-state index contributed by atoms with van der Waals surface area (Å²) in [5.41, 5.74) is 11.3. The summed E-state index contributed by atoms with van der Waals surface area (Å²) in [6.07, 6.45) is 0.829. The van der Waals surface area contributed by atoms with E-state index >= 15 is 0 Å². The molecular weight excluding hydrogens is 363 g/mol. The number of nitrogens with zero attached hydrogens (tertiary/aromatic N) is 2. The molecule has 150 valence electrons. The number of rotatable bonds is 7. The molecule has 0 unspecified atom stereocenters. The Hall–Kier alpha value is -3.21. The first kappa shape index (κ1) is 20.5. The van der Waals surface area contributed by atoms with Gasteiger partial charge in [-0.15, -0.1) is 10.2 Å². The number of halogens is 1. The van der Waals surface area contributed by atoms with Crippen LogP contribution in [0.3, 0.4) is 0 Å². The molecule has 3 N–H and O–H groups in total. The van der Waals surface area contributed by atoms with Gasteiger partial charge < -0.3 is 11.1 Å². The fourth-order valence-electron chi connectivity index (χ4n) is 3.39. The van der Waals surface area contributed by atoms with E-state index in [1.54, 1.807) is 0 Å². The molecule has 0 saturated carbocycles. The first-order valence-corrected chi connectivity index (χ1v) is 9.72. The highest BCUT2D eigenvalue weighted by atomic mass is 19.1. The van der Waals surface area contributed by atoms with Gasteiger partial charge in [-0.3, -0.25) is 0 Å². The normalized spacial score (nSPS) is 11.3. The van der Waals surface area contributed by atoms with Crippen molar-refractivity contribution >= 4 is 11.5 Å². The third kappa shape index (κ3) is 4.62. The van der Waals surface area contributed by atoms with Crippen LogP contribution in [0.4, 0.5) is 10.2 Å². The number of hydrogen-bond acceptors (Lipinski definition) is 4. The number of nitrogens with one attached hydrogen (secondary N) is 1. The van der Waals surface area contributed by atoms with Crippen LogP contribution in [-0.4, -0.2) is 16.7 Å². The van der Waals surface area contributed by atoms with Crippen molar-refractivity contribution in [2.45, 2.75) is 32.6 Å². The van der Waals surface area contributed by atoms with Crippen LogP contribution in [0.2, 0.25) is 0 Å². The lowest BCUT2D eigenvalue weighted by Gasteiger charge is -2.26. The molecule has 0 atom stereocenters. The molecule has 0 aliphatic rings. The molecule has 0 saturated heterocycles. The van der Waals surface area contributed by atoms with Crippen molar-refractivity contribution in [2.75, 3.05) is 11.9 Å². The second-order valence-electron chi connectivity index (χ2n) is 7.76. The van der Waals surface area contributed by atoms with Crippen LogP contribution >= 0.6 is 0 Å². The molecule has 3 aromatic rings. The minimum absolute atomic E-state index is 0.181. The van der Waals surface area contributed by atoms with Crippen molar-refractivity contribution in [3.05, 3.63) is 83.7 Å². The lowest BCUT2D eigenvalue weighted by atomic mass is 9.84. The van der Waals surface area contributed by atoms with Gasteiger partial charge >= 0.3 is 0 Å². The van der Waals surface area contributed by atoms with Gasteiger partial charge in [0, 0.05) is 28.8 Å². The van der Waals surface area contributed by atoms with Crippen LogP contribution in [-0.2, 0) is 11.8 Å². The van der Waals surface area contributed by atoms with Gasteiger partial charge in [-0.2, -0.15) is 0 Å². The molecule has 0 bridgehead atoms. The Labute approximate surface area is 171 Å². The lowest BCUT2D eigenvalue weighted by molar-refractivity contribution is 0.552. The summed E-state index contributed by atoms with van der Waals surface area (Å²) in [5, 5.41) is 12.1. The molecular formula is C24H27FN4. The summed E-state index contributed by atoms with van der Waals surface area (Å²) < 4.78 is 13.2. The summed E-state index contributed by atoms with van der Waals surface area (Å²) in [4.78, 5) is 0. The second-order valence-corrected chi connectivity index (χ2v) is 7.76. The molecule has 4 nitrogen and oxygen atoms in total. The van der Waals surface area contributed by atoms with Gasteiger partial charge in [-0.05, 0) is 41.8 Å². The van der Waals surface area contributed by atoms with Gasteiger partial charge in [0.15, 0.2) is 0 Å². The van der Waals surface area contributed by atoms with Crippen LogP contribution in [0.5, 0.6) is 0 Å². The van der Waals surface area contributed by atoms with Crippen molar-refractivity contribution in [3.63, 3.8) is 0 Å². The highest BCUT2D eigenvalue weighted by molar-refractivity contribution is 5.74. The number of anilines is 1. The van der Waals surface area contributed by atoms with E-state index in [1.807, 2.05) is 42.5 Å². The Bertz CT molecular complexity index is 992. The number of aromatic nitrogens is 2. The van der Waals surface area contributed by atoms with Gasteiger partial charge in [-0.1, -0.05) is 57.7 Å². The average molecular weight is 391 g/mol. The second kappa shape index (κ2) is 8.43. The molecule has 0 amide bonds. The van der Waals surface area contributed by atoms with Crippen molar-refractivity contribution in [1.29, 1.82) is 0 Å². The molecule has 0 aliphatic carbocycles. The third-order valence-electron chi connectivity index (χ3n) is 5.15. The minimum atomic E-state index is -0.229. The Balaban J connectivity index is 1.77. The van der Waals surface area contributed by atoms with E-state index in [1.165, 1.54) is 12.1 Å². The quantitative estimate of drug-likeness (QED) is 0.585. The maximum absolute atomic E-state index is 13.2. The molecule has 0 fully saturated rings. The van der Waals surface area contributed by atoms with E-state index in [4.69, 9.17) is 5.73 Å². The zero-order chi connectivity index (χ0) is 21.0. The molecule has 2 aromatic carbocycles. The maximum atomic E-state index is 13.2. The predicted octanol–water partition coefficient (Wildman–Crippen LogP) is 5.16. The van der Waals surface area contributed by atoms with Gasteiger partial charge in [0.1, 0.15) is 11.6 Å². The topological polar surface area (TPSA) is 63.8 Å². The SMILES string of the molecule is C=C(N)c1cccc(-c2ccc(NCC(C)(C)c3ccc(F)cc3)nn2)c1CC. The van der Waals surface area contributed by atoms with Gasteiger partial charge in [0.2, 0.25) is 0 Å². The van der Waals surface area contributed by atoms with Crippen LogP contribution in [0.1, 0.15) is 37.5 Å². The van der Waals surface area contributed by atoms with E-state index in [9.17, 15) is 4.39 Å². The van der Waals surface area contributed by atoms with E-state index in [0.29, 0.717) is 18.1 Å². The largest absolute Gasteiger partial charge is 0.399 e. The molecule has 5 heteroatoms. The molecule has 1 heterocycles. The zero-order valence-corrected chi connectivity index (χ0v) is 17.2. The molecule has 1 aromatic heterocycles. The van der Waals surface area contributed by atoms with Gasteiger partial charge in [-0.25, -0.2) is 4.39 Å². The van der Waals surface area contributed by atoms with E-state index < -0.39 is 0 Å². The van der Waals surface area contributed by atoms with E-state index in [2.05, 4.69) is 42.9 Å². The number of nitrogens with two attached hydrogens (primary N) is 1. The van der Waals surface area contributed by atoms with Crippen molar-refractivity contribution < 1.29 is 4.39 Å². The fourth-order valence-corrected chi connectivity index (χ4v) is 3.39. The smallest absolute Gasteiger partial charge is 0.148 e. The Kier molecular flexibility index (Phi) is 5.97.